The van der Waals surface area contributed by atoms with E-state index in [9.17, 15) is 14.5 Å². The molecule has 1 aliphatic carbocycles. The quantitative estimate of drug-likeness (QED) is 0.797. The third-order valence-corrected chi connectivity index (χ3v) is 6.55. The van der Waals surface area contributed by atoms with Crippen LogP contribution in [0.25, 0.3) is 0 Å². The molecule has 142 valence electrons. The van der Waals surface area contributed by atoms with Gasteiger partial charge in [0.1, 0.15) is 21.8 Å². The molecule has 0 bridgehead atoms. The molecule has 1 atom stereocenters. The third kappa shape index (κ3) is 3.40. The number of piperidine rings is 1. The Balaban J connectivity index is 2.01. The van der Waals surface area contributed by atoms with Crippen LogP contribution < -0.4 is 4.74 Å². The summed E-state index contributed by atoms with van der Waals surface area (Å²) in [6.45, 7) is 6.60. The molecule has 2 heterocycles. The van der Waals surface area contributed by atoms with Crippen LogP contribution in [0.4, 0.5) is 4.79 Å². The van der Waals surface area contributed by atoms with Gasteiger partial charge in [0.25, 0.3) is 0 Å². The molecular weight excluding hydrogens is 354 g/mol. The van der Waals surface area contributed by atoms with Crippen molar-refractivity contribution in [2.45, 2.75) is 44.8 Å². The Bertz CT molecular complexity index is 736. The van der Waals surface area contributed by atoms with Crippen LogP contribution in [0.2, 0.25) is 0 Å². The van der Waals surface area contributed by atoms with E-state index in [2.05, 4.69) is 9.38 Å². The van der Waals surface area contributed by atoms with Gasteiger partial charge in [0.15, 0.2) is 0 Å². The van der Waals surface area contributed by atoms with Crippen molar-refractivity contribution in [2.24, 2.45) is 9.81 Å². The van der Waals surface area contributed by atoms with Crippen molar-refractivity contribution in [3.05, 3.63) is 23.4 Å². The van der Waals surface area contributed by atoms with Crippen LogP contribution in [0.5, 0.6) is 5.88 Å². The van der Waals surface area contributed by atoms with E-state index in [0.29, 0.717) is 31.8 Å². The summed E-state index contributed by atoms with van der Waals surface area (Å²) < 4.78 is 22.1. The smallest absolute Gasteiger partial charge is 0.407 e. The second-order valence-corrected chi connectivity index (χ2v) is 9.82. The molecule has 0 unspecified atom stereocenters. The van der Waals surface area contributed by atoms with Crippen LogP contribution in [0.3, 0.4) is 0 Å². The van der Waals surface area contributed by atoms with E-state index < -0.39 is 22.2 Å². The highest BCUT2D eigenvalue weighted by atomic mass is 32.2. The molecule has 1 amide bonds. The summed E-state index contributed by atoms with van der Waals surface area (Å²) in [4.78, 5) is 17.0. The summed E-state index contributed by atoms with van der Waals surface area (Å²) in [6, 6.07) is 1.91. The fourth-order valence-corrected chi connectivity index (χ4v) is 4.32. The van der Waals surface area contributed by atoms with Crippen molar-refractivity contribution < 1.29 is 19.2 Å². The van der Waals surface area contributed by atoms with Crippen LogP contribution >= 0.6 is 0 Å². The lowest BCUT2D eigenvalue weighted by molar-refractivity contribution is 0.115. The number of fused-ring (bicyclic) bond motifs is 1. The lowest BCUT2D eigenvalue weighted by Gasteiger charge is -2.38. The SMILES string of the molecule is COc1cc2c(cn1)/C(=N/[S@+]([O-])C(C)(C)C)C1(CCN(C(=O)O)CC1)C2. The summed E-state index contributed by atoms with van der Waals surface area (Å²) in [5.41, 5.74) is 2.50. The molecule has 7 nitrogen and oxygen atoms in total. The van der Waals surface area contributed by atoms with Crippen molar-refractivity contribution in [1.82, 2.24) is 9.88 Å². The molecule has 0 aromatic carbocycles. The Kier molecular flexibility index (Phi) is 4.92. The minimum absolute atomic E-state index is 0.288. The molecule has 26 heavy (non-hydrogen) atoms. The van der Waals surface area contributed by atoms with Gasteiger partial charge in [0.05, 0.1) is 7.11 Å². The predicted molar refractivity (Wildman–Crippen MR) is 100 cm³/mol. The zero-order chi connectivity index (χ0) is 19.1. The van der Waals surface area contributed by atoms with E-state index in [0.717, 1.165) is 23.3 Å². The van der Waals surface area contributed by atoms with Gasteiger partial charge < -0.3 is 19.3 Å². The first kappa shape index (κ1) is 19.0. The van der Waals surface area contributed by atoms with Crippen LogP contribution in [0.1, 0.15) is 44.7 Å². The fraction of sp³-hybridized carbons (Fsp3) is 0.611. The number of hydrogen-bond donors (Lipinski definition) is 1. The van der Waals surface area contributed by atoms with Gasteiger partial charge in [-0.05, 0) is 45.6 Å². The normalized spacial score (nSPS) is 21.7. The minimum Gasteiger partial charge on any atom is -0.591 e. The van der Waals surface area contributed by atoms with Crippen molar-refractivity contribution in [2.75, 3.05) is 20.2 Å². The van der Waals surface area contributed by atoms with Crippen molar-refractivity contribution in [3.8, 4) is 5.88 Å². The van der Waals surface area contributed by atoms with Gasteiger partial charge in [-0.1, -0.05) is 4.40 Å². The maximum absolute atomic E-state index is 12.7. The summed E-state index contributed by atoms with van der Waals surface area (Å²) in [5, 5.41) is 9.25. The number of carbonyl (C=O) groups is 1. The van der Waals surface area contributed by atoms with Crippen LogP contribution in [-0.2, 0) is 17.8 Å². The Morgan fingerprint density at radius 2 is 2.08 bits per heavy atom. The number of carboxylic acid groups (broad SMARTS) is 1. The van der Waals surface area contributed by atoms with Gasteiger partial charge in [-0.25, -0.2) is 9.78 Å². The second-order valence-electron chi connectivity index (χ2n) is 7.91. The summed E-state index contributed by atoms with van der Waals surface area (Å²) in [6.07, 6.45) is 2.92. The summed E-state index contributed by atoms with van der Waals surface area (Å²) >= 11 is -1.39. The number of ether oxygens (including phenoxy) is 1. The van der Waals surface area contributed by atoms with Crippen LogP contribution in [0.15, 0.2) is 16.7 Å². The highest BCUT2D eigenvalue weighted by Crippen LogP contribution is 2.46. The van der Waals surface area contributed by atoms with Gasteiger partial charge in [-0.2, -0.15) is 0 Å². The number of likely N-dealkylation sites (tertiary alicyclic amines) is 1. The second kappa shape index (κ2) is 6.74. The highest BCUT2D eigenvalue weighted by molar-refractivity contribution is 7.91. The van der Waals surface area contributed by atoms with Crippen LogP contribution in [0, 0.1) is 5.41 Å². The zero-order valence-electron chi connectivity index (χ0n) is 15.6. The molecule has 1 spiro atoms. The van der Waals surface area contributed by atoms with Crippen LogP contribution in [-0.4, -0.2) is 56.3 Å². The number of methoxy groups -OCH3 is 1. The molecule has 1 aromatic rings. The summed E-state index contributed by atoms with van der Waals surface area (Å²) in [5.74, 6) is 0.542. The number of hydrogen-bond acceptors (Lipinski definition) is 5. The van der Waals surface area contributed by atoms with E-state index in [-0.39, 0.29) is 5.41 Å². The first-order valence-corrected chi connectivity index (χ1v) is 9.79. The van der Waals surface area contributed by atoms with E-state index in [1.807, 2.05) is 26.8 Å². The van der Waals surface area contributed by atoms with Gasteiger partial charge in [-0.3, -0.25) is 0 Å². The number of amides is 1. The highest BCUT2D eigenvalue weighted by Gasteiger charge is 2.48. The van der Waals surface area contributed by atoms with Gasteiger partial charge in [-0.15, -0.1) is 0 Å². The van der Waals surface area contributed by atoms with E-state index in [1.165, 1.54) is 4.90 Å². The molecule has 1 fully saturated rings. The van der Waals surface area contributed by atoms with E-state index in [1.54, 1.807) is 13.3 Å². The molecule has 8 heteroatoms. The van der Waals surface area contributed by atoms with Gasteiger partial charge in [0, 0.05) is 36.3 Å². The summed E-state index contributed by atoms with van der Waals surface area (Å²) in [7, 11) is 1.58. The van der Waals surface area contributed by atoms with Crippen molar-refractivity contribution in [1.29, 1.82) is 0 Å². The van der Waals surface area contributed by atoms with Crippen molar-refractivity contribution in [3.63, 3.8) is 0 Å². The van der Waals surface area contributed by atoms with Gasteiger partial charge in [0.2, 0.25) is 5.88 Å². The number of rotatable bonds is 2. The van der Waals surface area contributed by atoms with E-state index >= 15 is 0 Å². The monoisotopic (exact) mass is 379 g/mol. The van der Waals surface area contributed by atoms with E-state index in [4.69, 9.17) is 4.74 Å². The third-order valence-electron chi connectivity index (χ3n) is 5.15. The Morgan fingerprint density at radius 1 is 1.42 bits per heavy atom. The number of aromatic nitrogens is 1. The molecule has 0 saturated carbocycles. The molecule has 3 rings (SSSR count). The zero-order valence-corrected chi connectivity index (χ0v) is 16.4. The Morgan fingerprint density at radius 3 is 2.62 bits per heavy atom. The lowest BCUT2D eigenvalue weighted by atomic mass is 9.75. The van der Waals surface area contributed by atoms with Crippen molar-refractivity contribution >= 4 is 23.2 Å². The number of nitrogens with zero attached hydrogens (tertiary/aromatic N) is 3. The topological polar surface area (TPSA) is 98.1 Å². The molecule has 0 radical (unpaired) electrons. The maximum atomic E-state index is 12.7. The molecule has 1 aliphatic heterocycles. The molecule has 2 aliphatic rings. The predicted octanol–water partition coefficient (Wildman–Crippen LogP) is 2.66. The molecular formula is C18H25N3O4S. The average molecular weight is 379 g/mol. The largest absolute Gasteiger partial charge is 0.591 e. The fourth-order valence-electron chi connectivity index (χ4n) is 3.59. The molecule has 1 N–H and O–H groups in total. The first-order valence-electron chi connectivity index (χ1n) is 8.69. The molecule has 1 saturated heterocycles. The average Bonchev–Trinajstić information content (AvgIpc) is 2.86. The Labute approximate surface area is 156 Å². The standard InChI is InChI=1S/C18H25N3O4S/c1-17(2,3)26(24)20-15-13-11-19-14(25-4)9-12(13)10-18(15)5-7-21(8-6-18)16(22)23/h9,11H,5-8,10H2,1-4H3,(H,22,23)/b20-15-/t26-/m1/s1. The van der Waals surface area contributed by atoms with Gasteiger partial charge >= 0.3 is 6.09 Å². The first-order chi connectivity index (χ1) is 12.2. The minimum atomic E-state index is -1.39. The maximum Gasteiger partial charge on any atom is 0.407 e. The molecule has 1 aromatic heterocycles. The number of pyridine rings is 1. The lowest BCUT2D eigenvalue weighted by Crippen LogP contribution is -2.45. The Hall–Kier alpha value is -1.80.